The number of nitrogens with two attached hydrogens (primary N) is 1. The molecule has 68 valence electrons. The van der Waals surface area contributed by atoms with Gasteiger partial charge in [-0.3, -0.25) is 0 Å². The molecule has 0 aromatic carbocycles. The monoisotopic (exact) mass is 160 g/mol. The molecule has 3 nitrogen and oxygen atoms in total. The van der Waals surface area contributed by atoms with Crippen LogP contribution in [0.25, 0.3) is 0 Å². The molecule has 0 rings (SSSR count). The summed E-state index contributed by atoms with van der Waals surface area (Å²) < 4.78 is 0. The van der Waals surface area contributed by atoms with Gasteiger partial charge in [0.15, 0.2) is 0 Å². The molecule has 0 saturated carbocycles. The van der Waals surface area contributed by atoms with Gasteiger partial charge in [0.1, 0.15) is 0 Å². The Balaban J connectivity index is 3.41. The van der Waals surface area contributed by atoms with E-state index in [9.17, 15) is 0 Å². The molecule has 0 saturated heterocycles. The minimum Gasteiger partial charge on any atom is -0.329 e. The lowest BCUT2D eigenvalue weighted by Gasteiger charge is -2.17. The van der Waals surface area contributed by atoms with Gasteiger partial charge in [-0.2, -0.15) is 5.48 Å². The molecular weight excluding hydrogens is 140 g/mol. The van der Waals surface area contributed by atoms with Crippen LogP contribution in [0.15, 0.2) is 0 Å². The van der Waals surface area contributed by atoms with Gasteiger partial charge in [-0.25, -0.2) is 0 Å². The molecule has 11 heavy (non-hydrogen) atoms. The van der Waals surface area contributed by atoms with E-state index in [0.717, 1.165) is 6.42 Å². The zero-order valence-electron chi connectivity index (χ0n) is 7.76. The molecule has 0 aliphatic carbocycles. The molecule has 0 amide bonds. The minimum absolute atomic E-state index is 0.301. The summed E-state index contributed by atoms with van der Waals surface area (Å²) in [5.41, 5.74) is 8.44. The smallest absolute Gasteiger partial charge is 0.0654 e. The average Bonchev–Trinajstić information content (AvgIpc) is 1.97. The van der Waals surface area contributed by atoms with Crippen LogP contribution in [0.1, 0.15) is 27.2 Å². The molecule has 3 heteroatoms. The fraction of sp³-hybridized carbons (Fsp3) is 1.00. The molecule has 0 aliphatic rings. The van der Waals surface area contributed by atoms with E-state index >= 15 is 0 Å². The highest BCUT2D eigenvalue weighted by Crippen LogP contribution is 2.02. The second-order valence-electron chi connectivity index (χ2n) is 3.11. The van der Waals surface area contributed by atoms with Gasteiger partial charge in [-0.1, -0.05) is 13.8 Å². The highest BCUT2D eigenvalue weighted by Gasteiger charge is 2.07. The first-order valence-electron chi connectivity index (χ1n) is 4.28. The topological polar surface area (TPSA) is 47.3 Å². The van der Waals surface area contributed by atoms with Crippen molar-refractivity contribution >= 4 is 0 Å². The highest BCUT2D eigenvalue weighted by molar-refractivity contribution is 4.64. The minimum atomic E-state index is 0.301. The molecule has 0 aliphatic heterocycles. The Bertz CT molecular complexity index is 86.2. The first kappa shape index (κ1) is 10.9. The Morgan fingerprint density at radius 1 is 1.45 bits per heavy atom. The normalized spacial score (nSPS) is 13.9. The van der Waals surface area contributed by atoms with Crippen LogP contribution >= 0.6 is 0 Å². The standard InChI is InChI=1S/C8H20N2O/c1-4-11-10-8(6-9)5-7(2)3/h7-8,10H,4-6,9H2,1-3H3/t8-/m0/s1. The summed E-state index contributed by atoms with van der Waals surface area (Å²) in [6.07, 6.45) is 1.07. The fourth-order valence-corrected chi connectivity index (χ4v) is 0.963. The molecule has 0 fully saturated rings. The third-order valence-electron chi connectivity index (χ3n) is 1.43. The molecule has 0 heterocycles. The Labute approximate surface area is 69.3 Å². The zero-order valence-corrected chi connectivity index (χ0v) is 7.76. The predicted octanol–water partition coefficient (Wildman–Crippen LogP) is 0.901. The van der Waals surface area contributed by atoms with Gasteiger partial charge in [0, 0.05) is 12.6 Å². The summed E-state index contributed by atoms with van der Waals surface area (Å²) in [7, 11) is 0. The molecule has 0 bridgehead atoms. The van der Waals surface area contributed by atoms with Gasteiger partial charge in [-0.05, 0) is 19.3 Å². The van der Waals surface area contributed by atoms with Crippen LogP contribution in [0.5, 0.6) is 0 Å². The molecule has 1 atom stereocenters. The van der Waals surface area contributed by atoms with Crippen molar-refractivity contribution < 1.29 is 4.84 Å². The lowest BCUT2D eigenvalue weighted by atomic mass is 10.1. The largest absolute Gasteiger partial charge is 0.329 e. The number of hydrogen-bond donors (Lipinski definition) is 2. The summed E-state index contributed by atoms with van der Waals surface area (Å²) in [4.78, 5) is 5.06. The van der Waals surface area contributed by atoms with Gasteiger partial charge in [0.05, 0.1) is 6.61 Å². The van der Waals surface area contributed by atoms with Crippen LogP contribution in [-0.2, 0) is 4.84 Å². The number of nitrogens with one attached hydrogen (secondary N) is 1. The predicted molar refractivity (Wildman–Crippen MR) is 47.1 cm³/mol. The van der Waals surface area contributed by atoms with E-state index in [4.69, 9.17) is 10.6 Å². The summed E-state index contributed by atoms with van der Waals surface area (Å²) in [6.45, 7) is 7.63. The molecular formula is C8H20N2O. The number of rotatable bonds is 6. The van der Waals surface area contributed by atoms with E-state index in [1.165, 1.54) is 0 Å². The Morgan fingerprint density at radius 2 is 2.09 bits per heavy atom. The zero-order chi connectivity index (χ0) is 8.69. The maximum atomic E-state index is 5.52. The van der Waals surface area contributed by atoms with Crippen molar-refractivity contribution in [2.24, 2.45) is 11.7 Å². The van der Waals surface area contributed by atoms with Crippen LogP contribution in [0.3, 0.4) is 0 Å². The number of hydroxylamine groups is 1. The van der Waals surface area contributed by atoms with Gasteiger partial charge in [0.25, 0.3) is 0 Å². The maximum absolute atomic E-state index is 5.52. The first-order chi connectivity index (χ1) is 5.20. The van der Waals surface area contributed by atoms with Crippen molar-refractivity contribution in [2.75, 3.05) is 13.2 Å². The molecule has 0 unspecified atom stereocenters. The molecule has 0 aromatic rings. The van der Waals surface area contributed by atoms with Gasteiger partial charge >= 0.3 is 0 Å². The summed E-state index contributed by atoms with van der Waals surface area (Å²) in [5.74, 6) is 0.663. The SMILES string of the molecule is CCON[C@H](CN)CC(C)C. The van der Waals surface area contributed by atoms with E-state index in [2.05, 4.69) is 19.3 Å². The van der Waals surface area contributed by atoms with Crippen LogP contribution < -0.4 is 11.2 Å². The molecule has 0 radical (unpaired) electrons. The second-order valence-corrected chi connectivity index (χ2v) is 3.11. The quantitative estimate of drug-likeness (QED) is 0.567. The van der Waals surface area contributed by atoms with Crippen molar-refractivity contribution in [1.29, 1.82) is 0 Å². The van der Waals surface area contributed by atoms with Crippen molar-refractivity contribution in [1.82, 2.24) is 5.48 Å². The van der Waals surface area contributed by atoms with Gasteiger partial charge in [0.2, 0.25) is 0 Å². The summed E-state index contributed by atoms with van der Waals surface area (Å²) in [5, 5.41) is 0. The molecule has 3 N–H and O–H groups in total. The third-order valence-corrected chi connectivity index (χ3v) is 1.43. The molecule has 0 aromatic heterocycles. The first-order valence-corrected chi connectivity index (χ1v) is 4.28. The van der Waals surface area contributed by atoms with Crippen molar-refractivity contribution in [3.05, 3.63) is 0 Å². The van der Waals surface area contributed by atoms with Crippen molar-refractivity contribution in [3.8, 4) is 0 Å². The van der Waals surface area contributed by atoms with E-state index in [-0.39, 0.29) is 0 Å². The average molecular weight is 160 g/mol. The Kier molecular flexibility index (Phi) is 6.51. The lowest BCUT2D eigenvalue weighted by Crippen LogP contribution is -2.37. The Hall–Kier alpha value is -0.120. The van der Waals surface area contributed by atoms with E-state index in [1.807, 2.05) is 6.92 Å². The molecule has 0 spiro atoms. The maximum Gasteiger partial charge on any atom is 0.0654 e. The third kappa shape index (κ3) is 6.28. The summed E-state index contributed by atoms with van der Waals surface area (Å²) >= 11 is 0. The van der Waals surface area contributed by atoms with E-state index in [1.54, 1.807) is 0 Å². The van der Waals surface area contributed by atoms with E-state index in [0.29, 0.717) is 25.1 Å². The van der Waals surface area contributed by atoms with Crippen LogP contribution in [0.4, 0.5) is 0 Å². The highest BCUT2D eigenvalue weighted by atomic mass is 16.6. The lowest BCUT2D eigenvalue weighted by molar-refractivity contribution is 0.0217. The van der Waals surface area contributed by atoms with Crippen LogP contribution in [0, 0.1) is 5.92 Å². The van der Waals surface area contributed by atoms with Gasteiger partial charge < -0.3 is 10.6 Å². The van der Waals surface area contributed by atoms with Gasteiger partial charge in [-0.15, -0.1) is 0 Å². The van der Waals surface area contributed by atoms with Crippen molar-refractivity contribution in [2.45, 2.75) is 33.2 Å². The van der Waals surface area contributed by atoms with Crippen LogP contribution in [0.2, 0.25) is 0 Å². The summed E-state index contributed by atoms with van der Waals surface area (Å²) in [6, 6.07) is 0.301. The van der Waals surface area contributed by atoms with Crippen molar-refractivity contribution in [3.63, 3.8) is 0 Å². The number of hydrogen-bond acceptors (Lipinski definition) is 3. The Morgan fingerprint density at radius 3 is 2.45 bits per heavy atom. The van der Waals surface area contributed by atoms with Crippen LogP contribution in [-0.4, -0.2) is 19.2 Å². The second kappa shape index (κ2) is 6.58. The fourth-order valence-electron chi connectivity index (χ4n) is 0.963. The van der Waals surface area contributed by atoms with E-state index < -0.39 is 0 Å².